The number of nitrogens with zero attached hydrogens (tertiary/aromatic N) is 1. The van der Waals surface area contributed by atoms with E-state index >= 15 is 0 Å². The monoisotopic (exact) mass is 282 g/mol. The molecule has 1 saturated carbocycles. The van der Waals surface area contributed by atoms with Gasteiger partial charge in [0.25, 0.3) is 0 Å². The molecule has 0 aliphatic heterocycles. The zero-order valence-corrected chi connectivity index (χ0v) is 12.5. The highest BCUT2D eigenvalue weighted by atomic mass is 35.5. The predicted molar refractivity (Wildman–Crippen MR) is 78.7 cm³/mol. The van der Waals surface area contributed by atoms with Gasteiger partial charge < -0.3 is 10.1 Å². The van der Waals surface area contributed by atoms with E-state index in [0.717, 1.165) is 18.5 Å². The molecule has 1 aliphatic rings. The largest absolute Gasteiger partial charge is 0.473 e. The highest BCUT2D eigenvalue weighted by Gasteiger charge is 2.26. The molecule has 1 aromatic heterocycles. The van der Waals surface area contributed by atoms with Gasteiger partial charge in [0, 0.05) is 12.7 Å². The predicted octanol–water partition coefficient (Wildman–Crippen LogP) is 3.80. The molecular formula is C15H23ClN2O. The molecular weight excluding hydrogens is 260 g/mol. The van der Waals surface area contributed by atoms with E-state index in [2.05, 4.69) is 17.2 Å². The van der Waals surface area contributed by atoms with E-state index in [4.69, 9.17) is 16.3 Å². The van der Waals surface area contributed by atoms with Gasteiger partial charge in [-0.05, 0) is 50.3 Å². The Hall–Kier alpha value is -0.800. The summed E-state index contributed by atoms with van der Waals surface area (Å²) >= 11 is 6.26. The van der Waals surface area contributed by atoms with E-state index in [1.54, 1.807) is 0 Å². The lowest BCUT2D eigenvalue weighted by Gasteiger charge is -2.31. The quantitative estimate of drug-likeness (QED) is 0.892. The maximum Gasteiger partial charge on any atom is 0.232 e. The van der Waals surface area contributed by atoms with Gasteiger partial charge in [-0.25, -0.2) is 4.98 Å². The molecule has 1 aliphatic carbocycles. The third kappa shape index (κ3) is 3.83. The molecule has 0 bridgehead atoms. The maximum atomic E-state index is 6.26. The van der Waals surface area contributed by atoms with Crippen LogP contribution in [0.25, 0.3) is 0 Å². The van der Waals surface area contributed by atoms with Crippen LogP contribution in [0.3, 0.4) is 0 Å². The molecule has 1 fully saturated rings. The Kier molecular flexibility index (Phi) is 5.46. The van der Waals surface area contributed by atoms with Gasteiger partial charge in [-0.15, -0.1) is 0 Å². The molecule has 106 valence electrons. The van der Waals surface area contributed by atoms with Crippen molar-refractivity contribution in [3.8, 4) is 5.88 Å². The van der Waals surface area contributed by atoms with Gasteiger partial charge in [0.1, 0.15) is 11.1 Å². The van der Waals surface area contributed by atoms with Crippen LogP contribution in [0.1, 0.15) is 44.6 Å². The molecule has 2 unspecified atom stereocenters. The third-order valence-corrected chi connectivity index (χ3v) is 4.14. The molecule has 4 heteroatoms. The third-order valence-electron chi connectivity index (χ3n) is 3.87. The number of rotatable bonds is 5. The summed E-state index contributed by atoms with van der Waals surface area (Å²) in [6, 6.07) is 1.93. The fraction of sp³-hybridized carbons (Fsp3) is 0.667. The van der Waals surface area contributed by atoms with Crippen molar-refractivity contribution in [1.82, 2.24) is 10.3 Å². The van der Waals surface area contributed by atoms with Crippen molar-refractivity contribution < 1.29 is 4.74 Å². The number of pyridine rings is 1. The van der Waals surface area contributed by atoms with Gasteiger partial charge in [0.15, 0.2) is 0 Å². The lowest BCUT2D eigenvalue weighted by Crippen LogP contribution is -2.30. The smallest absolute Gasteiger partial charge is 0.232 e. The van der Waals surface area contributed by atoms with Crippen LogP contribution in [0.5, 0.6) is 5.88 Å². The summed E-state index contributed by atoms with van der Waals surface area (Å²) in [6.07, 6.45) is 8.23. The van der Waals surface area contributed by atoms with Crippen molar-refractivity contribution in [3.05, 3.63) is 22.8 Å². The normalized spacial score (nSPS) is 23.3. The van der Waals surface area contributed by atoms with E-state index in [1.807, 2.05) is 19.3 Å². The summed E-state index contributed by atoms with van der Waals surface area (Å²) in [6.45, 7) is 3.01. The van der Waals surface area contributed by atoms with Crippen molar-refractivity contribution in [1.29, 1.82) is 0 Å². The number of ether oxygens (including phenoxy) is 1. The molecule has 2 rings (SSSR count). The summed E-state index contributed by atoms with van der Waals surface area (Å²) < 4.78 is 6.06. The molecule has 0 radical (unpaired) electrons. The minimum absolute atomic E-state index is 0.277. The second-order valence-corrected chi connectivity index (χ2v) is 5.68. The van der Waals surface area contributed by atoms with Crippen LogP contribution < -0.4 is 10.1 Å². The Bertz CT molecular complexity index is 411. The van der Waals surface area contributed by atoms with Crippen LogP contribution in [0, 0.1) is 5.92 Å². The summed E-state index contributed by atoms with van der Waals surface area (Å²) in [5.74, 6) is 1.23. The lowest BCUT2D eigenvalue weighted by atomic mass is 9.85. The minimum Gasteiger partial charge on any atom is -0.473 e. The first-order valence-electron chi connectivity index (χ1n) is 7.20. The van der Waals surface area contributed by atoms with E-state index in [9.17, 15) is 0 Å². The summed E-state index contributed by atoms with van der Waals surface area (Å²) in [7, 11) is 1.91. The van der Waals surface area contributed by atoms with Gasteiger partial charge in [-0.2, -0.15) is 0 Å². The van der Waals surface area contributed by atoms with E-state index < -0.39 is 0 Å². The molecule has 0 amide bonds. The average molecular weight is 283 g/mol. The highest BCUT2D eigenvalue weighted by molar-refractivity contribution is 6.31. The number of halogens is 1. The van der Waals surface area contributed by atoms with Crippen LogP contribution in [0.2, 0.25) is 5.02 Å². The fourth-order valence-corrected chi connectivity index (χ4v) is 3.03. The zero-order chi connectivity index (χ0) is 13.7. The average Bonchev–Trinajstić information content (AvgIpc) is 2.43. The Morgan fingerprint density at radius 2 is 2.21 bits per heavy atom. The van der Waals surface area contributed by atoms with Gasteiger partial charge >= 0.3 is 0 Å². The second kappa shape index (κ2) is 7.11. The highest BCUT2D eigenvalue weighted by Crippen LogP contribution is 2.32. The second-order valence-electron chi connectivity index (χ2n) is 5.27. The Morgan fingerprint density at radius 1 is 1.42 bits per heavy atom. The number of nitrogens with one attached hydrogen (secondary N) is 1. The Balaban J connectivity index is 2.05. The van der Waals surface area contributed by atoms with E-state index in [0.29, 0.717) is 16.8 Å². The maximum absolute atomic E-state index is 6.26. The molecule has 2 atom stereocenters. The Morgan fingerprint density at radius 3 is 2.89 bits per heavy atom. The molecule has 0 spiro atoms. The molecule has 1 N–H and O–H groups in total. The molecule has 1 heterocycles. The Labute approximate surface area is 120 Å². The number of hydrogen-bond donors (Lipinski definition) is 1. The van der Waals surface area contributed by atoms with E-state index in [-0.39, 0.29) is 6.10 Å². The molecule has 19 heavy (non-hydrogen) atoms. The fourth-order valence-electron chi connectivity index (χ4n) is 2.79. The van der Waals surface area contributed by atoms with Gasteiger partial charge in [-0.3, -0.25) is 0 Å². The van der Waals surface area contributed by atoms with Crippen molar-refractivity contribution in [3.63, 3.8) is 0 Å². The van der Waals surface area contributed by atoms with Crippen LogP contribution in [-0.4, -0.2) is 18.1 Å². The lowest BCUT2D eigenvalue weighted by molar-refractivity contribution is 0.0859. The van der Waals surface area contributed by atoms with Crippen LogP contribution in [-0.2, 0) is 6.54 Å². The van der Waals surface area contributed by atoms with Crippen molar-refractivity contribution in [2.24, 2.45) is 5.92 Å². The zero-order valence-electron chi connectivity index (χ0n) is 11.8. The first-order chi connectivity index (χ1) is 9.24. The minimum atomic E-state index is 0.277. The molecule has 1 aromatic rings. The van der Waals surface area contributed by atoms with Crippen molar-refractivity contribution in [2.45, 2.75) is 51.7 Å². The van der Waals surface area contributed by atoms with Crippen LogP contribution in [0.4, 0.5) is 0 Å². The molecule has 0 aromatic carbocycles. The summed E-state index contributed by atoms with van der Waals surface area (Å²) in [5.41, 5.74) is 1.08. The molecule has 0 saturated heterocycles. The summed E-state index contributed by atoms with van der Waals surface area (Å²) in [4.78, 5) is 4.37. The van der Waals surface area contributed by atoms with Gasteiger partial charge in [0.05, 0.1) is 0 Å². The first kappa shape index (κ1) is 14.6. The number of hydrogen-bond acceptors (Lipinski definition) is 3. The SMILES string of the molecule is CCC1CCCCC1Oc1ncc(CNC)cc1Cl. The standard InChI is InChI=1S/C15H23ClN2O/c1-3-12-6-4-5-7-14(12)19-15-13(16)8-11(9-17-2)10-18-15/h8,10,12,14,17H,3-7,9H2,1-2H3. The van der Waals surface area contributed by atoms with E-state index in [1.165, 1.54) is 25.7 Å². The number of aromatic nitrogens is 1. The topological polar surface area (TPSA) is 34.1 Å². The van der Waals surface area contributed by atoms with Gasteiger partial charge in [-0.1, -0.05) is 24.9 Å². The summed E-state index contributed by atoms with van der Waals surface area (Å²) in [5, 5.41) is 3.71. The van der Waals surface area contributed by atoms with Crippen LogP contribution in [0.15, 0.2) is 12.3 Å². The first-order valence-corrected chi connectivity index (χ1v) is 7.58. The molecule has 3 nitrogen and oxygen atoms in total. The van der Waals surface area contributed by atoms with Gasteiger partial charge in [0.2, 0.25) is 5.88 Å². The van der Waals surface area contributed by atoms with Crippen LogP contribution >= 0.6 is 11.6 Å². The van der Waals surface area contributed by atoms with Crippen molar-refractivity contribution >= 4 is 11.6 Å². The van der Waals surface area contributed by atoms with Crippen molar-refractivity contribution in [2.75, 3.05) is 7.05 Å².